The van der Waals surface area contributed by atoms with E-state index < -0.39 is 5.97 Å². The highest BCUT2D eigenvalue weighted by Crippen LogP contribution is 2.22. The third-order valence-corrected chi connectivity index (χ3v) is 3.13. The number of benzene rings is 1. The fourth-order valence-corrected chi connectivity index (χ4v) is 1.83. The summed E-state index contributed by atoms with van der Waals surface area (Å²) in [6, 6.07) is 7.04. The number of nitrogens with zero attached hydrogens (tertiary/aromatic N) is 1. The Hall–Kier alpha value is -2.22. The van der Waals surface area contributed by atoms with Crippen LogP contribution in [0.2, 0.25) is 0 Å². The van der Waals surface area contributed by atoms with Crippen LogP contribution < -0.4 is 10.5 Å². The summed E-state index contributed by atoms with van der Waals surface area (Å²) < 4.78 is 10.3. The van der Waals surface area contributed by atoms with Crippen LogP contribution in [0.5, 0.6) is 5.75 Å². The Morgan fingerprint density at radius 2 is 2.05 bits per heavy atom. The van der Waals surface area contributed by atoms with Gasteiger partial charge in [0.25, 0.3) is 0 Å². The summed E-state index contributed by atoms with van der Waals surface area (Å²) in [6.07, 6.45) is 2.36. The second-order valence-corrected chi connectivity index (χ2v) is 5.58. The van der Waals surface area contributed by atoms with Crippen LogP contribution in [0, 0.1) is 16.7 Å². The molecule has 0 bridgehead atoms. The first-order valence-corrected chi connectivity index (χ1v) is 6.91. The van der Waals surface area contributed by atoms with Crippen LogP contribution in [0.15, 0.2) is 18.2 Å². The summed E-state index contributed by atoms with van der Waals surface area (Å²) in [5.74, 6) is 0.109. The Kier molecular flexibility index (Phi) is 6.04. The van der Waals surface area contributed by atoms with Crippen molar-refractivity contribution in [2.75, 3.05) is 19.5 Å². The number of unbranched alkanes of at least 4 members (excludes halogenated alkanes) is 1. The lowest BCUT2D eigenvalue weighted by molar-refractivity contribution is 0.0496. The van der Waals surface area contributed by atoms with Gasteiger partial charge in [0, 0.05) is 11.8 Å². The van der Waals surface area contributed by atoms with Gasteiger partial charge >= 0.3 is 5.97 Å². The van der Waals surface area contributed by atoms with Crippen molar-refractivity contribution in [3.63, 3.8) is 0 Å². The molecule has 0 saturated carbocycles. The average Bonchev–Trinajstić information content (AvgIpc) is 2.45. The molecule has 114 valence electrons. The maximum absolute atomic E-state index is 11.9. The van der Waals surface area contributed by atoms with Gasteiger partial charge in [0.1, 0.15) is 5.75 Å². The Morgan fingerprint density at radius 1 is 1.33 bits per heavy atom. The molecule has 0 atom stereocenters. The molecular weight excluding hydrogens is 268 g/mol. The number of carbonyl (C=O) groups excluding carboxylic acids is 1. The van der Waals surface area contributed by atoms with Crippen molar-refractivity contribution in [2.24, 2.45) is 5.41 Å². The monoisotopic (exact) mass is 290 g/mol. The zero-order valence-electron chi connectivity index (χ0n) is 12.8. The minimum Gasteiger partial charge on any atom is -0.497 e. The SMILES string of the molecule is COc1cc(N)cc(C(=O)OCCCCC(C)(C)C#N)c1. The van der Waals surface area contributed by atoms with Gasteiger partial charge in [-0.25, -0.2) is 4.79 Å². The van der Waals surface area contributed by atoms with E-state index >= 15 is 0 Å². The number of nitrogens with two attached hydrogens (primary N) is 1. The lowest BCUT2D eigenvalue weighted by atomic mass is 9.89. The molecule has 0 fully saturated rings. The second kappa shape index (κ2) is 7.53. The number of esters is 1. The Balaban J connectivity index is 2.41. The van der Waals surface area contributed by atoms with Gasteiger partial charge in [0.05, 0.1) is 30.8 Å². The van der Waals surface area contributed by atoms with E-state index in [-0.39, 0.29) is 5.41 Å². The van der Waals surface area contributed by atoms with Crippen LogP contribution in [-0.4, -0.2) is 19.7 Å². The summed E-state index contributed by atoms with van der Waals surface area (Å²) >= 11 is 0. The highest BCUT2D eigenvalue weighted by molar-refractivity contribution is 5.91. The summed E-state index contributed by atoms with van der Waals surface area (Å²) in [7, 11) is 1.51. The Labute approximate surface area is 125 Å². The maximum Gasteiger partial charge on any atom is 0.338 e. The van der Waals surface area contributed by atoms with E-state index in [1.54, 1.807) is 18.2 Å². The van der Waals surface area contributed by atoms with Gasteiger partial charge in [-0.1, -0.05) is 0 Å². The van der Waals surface area contributed by atoms with Crippen molar-refractivity contribution in [3.05, 3.63) is 23.8 Å². The molecule has 1 rings (SSSR count). The van der Waals surface area contributed by atoms with Crippen molar-refractivity contribution in [3.8, 4) is 11.8 Å². The van der Waals surface area contributed by atoms with Crippen LogP contribution in [-0.2, 0) is 4.74 Å². The summed E-state index contributed by atoms with van der Waals surface area (Å²) in [6.45, 7) is 4.13. The molecule has 0 saturated heterocycles. The maximum atomic E-state index is 11.9. The lowest BCUT2D eigenvalue weighted by Crippen LogP contribution is -2.10. The highest BCUT2D eigenvalue weighted by atomic mass is 16.5. The third-order valence-electron chi connectivity index (χ3n) is 3.13. The first-order valence-electron chi connectivity index (χ1n) is 6.91. The normalized spacial score (nSPS) is 10.8. The van der Waals surface area contributed by atoms with Gasteiger partial charge in [-0.2, -0.15) is 5.26 Å². The molecule has 2 N–H and O–H groups in total. The van der Waals surface area contributed by atoms with Crippen LogP contribution in [0.3, 0.4) is 0 Å². The zero-order valence-corrected chi connectivity index (χ0v) is 12.8. The van der Waals surface area contributed by atoms with Crippen molar-refractivity contribution >= 4 is 11.7 Å². The summed E-state index contributed by atoms with van der Waals surface area (Å²) in [5, 5.41) is 8.90. The van der Waals surface area contributed by atoms with Gasteiger partial charge in [-0.05, 0) is 45.2 Å². The molecule has 0 aliphatic carbocycles. The van der Waals surface area contributed by atoms with Gasteiger partial charge in [-0.3, -0.25) is 0 Å². The van der Waals surface area contributed by atoms with Gasteiger partial charge in [0.15, 0.2) is 0 Å². The first kappa shape index (κ1) is 16.8. The van der Waals surface area contributed by atoms with Gasteiger partial charge < -0.3 is 15.2 Å². The van der Waals surface area contributed by atoms with Crippen LogP contribution in [0.25, 0.3) is 0 Å². The molecule has 5 nitrogen and oxygen atoms in total. The van der Waals surface area contributed by atoms with Crippen molar-refractivity contribution in [1.29, 1.82) is 5.26 Å². The molecule has 1 aromatic carbocycles. The molecule has 5 heteroatoms. The highest BCUT2D eigenvalue weighted by Gasteiger charge is 2.16. The number of hydrogen-bond donors (Lipinski definition) is 1. The van der Waals surface area contributed by atoms with Crippen molar-refractivity contribution < 1.29 is 14.3 Å². The fraction of sp³-hybridized carbons (Fsp3) is 0.500. The average molecular weight is 290 g/mol. The lowest BCUT2D eigenvalue weighted by Gasteiger charge is -2.14. The van der Waals surface area contributed by atoms with E-state index in [4.69, 9.17) is 20.5 Å². The summed E-state index contributed by atoms with van der Waals surface area (Å²) in [4.78, 5) is 11.9. The first-order chi connectivity index (χ1) is 9.88. The van der Waals surface area contributed by atoms with Gasteiger partial charge in [0.2, 0.25) is 0 Å². The predicted octanol–water partition coefficient (Wildman–Crippen LogP) is 3.15. The number of ether oxygens (including phenoxy) is 2. The summed E-state index contributed by atoms with van der Waals surface area (Å²) in [5.41, 5.74) is 6.20. The number of nitrogen functional groups attached to an aromatic ring is 1. The minimum atomic E-state index is -0.417. The van der Waals surface area contributed by atoms with E-state index in [9.17, 15) is 4.79 Å². The molecule has 0 spiro atoms. The number of hydrogen-bond acceptors (Lipinski definition) is 5. The fourth-order valence-electron chi connectivity index (χ4n) is 1.83. The topological polar surface area (TPSA) is 85.3 Å². The van der Waals surface area contributed by atoms with Crippen molar-refractivity contribution in [2.45, 2.75) is 33.1 Å². The molecule has 1 aromatic rings. The minimum absolute atomic E-state index is 0.328. The van der Waals surface area contributed by atoms with Crippen LogP contribution in [0.1, 0.15) is 43.5 Å². The Bertz CT molecular complexity index is 533. The van der Waals surface area contributed by atoms with E-state index in [1.165, 1.54) is 7.11 Å². The molecule has 0 radical (unpaired) electrons. The molecule has 21 heavy (non-hydrogen) atoms. The van der Waals surface area contributed by atoms with E-state index in [1.807, 2.05) is 13.8 Å². The standard InChI is InChI=1S/C16H22N2O3/c1-16(2,11-17)6-4-5-7-21-15(19)12-8-13(18)10-14(9-12)20-3/h8-10H,4-7,18H2,1-3H3. The van der Waals surface area contributed by atoms with Gasteiger partial charge in [-0.15, -0.1) is 0 Å². The van der Waals surface area contributed by atoms with Crippen molar-refractivity contribution in [1.82, 2.24) is 0 Å². The van der Waals surface area contributed by atoms with E-state index in [0.717, 1.165) is 19.3 Å². The predicted molar refractivity (Wildman–Crippen MR) is 80.9 cm³/mol. The molecule has 0 heterocycles. The molecule has 0 unspecified atom stereocenters. The largest absolute Gasteiger partial charge is 0.497 e. The molecule has 0 aliphatic heterocycles. The van der Waals surface area contributed by atoms with Crippen LogP contribution >= 0.6 is 0 Å². The number of carbonyl (C=O) groups is 1. The zero-order chi connectivity index (χ0) is 15.9. The molecule has 0 aliphatic rings. The number of methoxy groups -OCH3 is 1. The number of anilines is 1. The third kappa shape index (κ3) is 5.74. The van der Waals surface area contributed by atoms with E-state index in [0.29, 0.717) is 23.6 Å². The van der Waals surface area contributed by atoms with E-state index in [2.05, 4.69) is 6.07 Å². The van der Waals surface area contributed by atoms with Crippen LogP contribution in [0.4, 0.5) is 5.69 Å². The molecular formula is C16H22N2O3. The quantitative estimate of drug-likeness (QED) is 0.473. The number of rotatable bonds is 7. The second-order valence-electron chi connectivity index (χ2n) is 5.58. The molecule has 0 aromatic heterocycles. The Morgan fingerprint density at radius 3 is 2.67 bits per heavy atom. The number of nitriles is 1. The molecule has 0 amide bonds. The smallest absolute Gasteiger partial charge is 0.338 e.